The van der Waals surface area contributed by atoms with Crippen LogP contribution in [0.2, 0.25) is 0 Å². The Morgan fingerprint density at radius 1 is 0.848 bits per heavy atom. The van der Waals surface area contributed by atoms with Crippen LogP contribution in [0.3, 0.4) is 0 Å². The van der Waals surface area contributed by atoms with E-state index in [0.29, 0.717) is 29.9 Å². The Bertz CT molecular complexity index is 1180. The van der Waals surface area contributed by atoms with Crippen molar-refractivity contribution in [2.24, 2.45) is 0 Å². The summed E-state index contributed by atoms with van der Waals surface area (Å²) < 4.78 is 36.4. The summed E-state index contributed by atoms with van der Waals surface area (Å²) in [6.07, 6.45) is 2.48. The molecule has 0 saturated heterocycles. The molecule has 174 valence electrons. The molecule has 33 heavy (non-hydrogen) atoms. The highest BCUT2D eigenvalue weighted by atomic mass is 32.2. The van der Waals surface area contributed by atoms with Gasteiger partial charge in [-0.2, -0.15) is 0 Å². The van der Waals surface area contributed by atoms with Gasteiger partial charge in [0.05, 0.1) is 24.9 Å². The number of rotatable bonds is 11. The lowest BCUT2D eigenvalue weighted by molar-refractivity contribution is -0.118. The van der Waals surface area contributed by atoms with Crippen LogP contribution in [0.5, 0.6) is 11.5 Å². The van der Waals surface area contributed by atoms with Crippen molar-refractivity contribution in [3.05, 3.63) is 89.0 Å². The summed E-state index contributed by atoms with van der Waals surface area (Å²) in [5.74, 6) is 1.01. The molecule has 0 aromatic heterocycles. The first-order valence-electron chi connectivity index (χ1n) is 10.9. The summed E-state index contributed by atoms with van der Waals surface area (Å²) in [5.41, 5.74) is 3.80. The van der Waals surface area contributed by atoms with Gasteiger partial charge in [-0.3, -0.25) is 4.79 Å². The number of sulfone groups is 1. The average Bonchev–Trinajstić information content (AvgIpc) is 2.80. The maximum Gasteiger partial charge on any atom is 0.182 e. The van der Waals surface area contributed by atoms with Gasteiger partial charge in [0, 0.05) is 18.4 Å². The molecular weight excluding hydrogens is 436 g/mol. The maximum atomic E-state index is 12.9. The van der Waals surface area contributed by atoms with Gasteiger partial charge >= 0.3 is 0 Å². The molecule has 5 nitrogen and oxygen atoms in total. The highest BCUT2D eigenvalue weighted by molar-refractivity contribution is 7.90. The van der Waals surface area contributed by atoms with Gasteiger partial charge in [-0.1, -0.05) is 42.0 Å². The Labute approximate surface area is 196 Å². The summed E-state index contributed by atoms with van der Waals surface area (Å²) in [7, 11) is -0.550. The lowest BCUT2D eigenvalue weighted by Crippen LogP contribution is -2.07. The third-order valence-electron chi connectivity index (χ3n) is 5.56. The van der Waals surface area contributed by atoms with Crippen LogP contribution in [0.4, 0.5) is 0 Å². The first kappa shape index (κ1) is 24.5. The molecule has 0 fully saturated rings. The minimum Gasteiger partial charge on any atom is -0.497 e. The van der Waals surface area contributed by atoms with Crippen LogP contribution in [-0.2, 0) is 33.2 Å². The van der Waals surface area contributed by atoms with Crippen molar-refractivity contribution in [2.45, 2.75) is 43.3 Å². The maximum absolute atomic E-state index is 12.9. The number of methoxy groups -OCH3 is 2. The number of benzene rings is 3. The zero-order chi connectivity index (χ0) is 23.8. The molecule has 3 aromatic rings. The highest BCUT2D eigenvalue weighted by Crippen LogP contribution is 2.28. The molecule has 0 aliphatic heterocycles. The Kier molecular flexibility index (Phi) is 8.28. The van der Waals surface area contributed by atoms with Gasteiger partial charge in [-0.05, 0) is 61.2 Å². The van der Waals surface area contributed by atoms with Crippen LogP contribution in [0.15, 0.2) is 71.6 Å². The molecule has 0 radical (unpaired) electrons. The Morgan fingerprint density at radius 2 is 1.52 bits per heavy atom. The quantitative estimate of drug-likeness (QED) is 0.392. The van der Waals surface area contributed by atoms with Crippen molar-refractivity contribution in [3.63, 3.8) is 0 Å². The molecule has 0 aliphatic rings. The lowest BCUT2D eigenvalue weighted by atomic mass is 10.0. The molecule has 0 bridgehead atoms. The van der Waals surface area contributed by atoms with E-state index in [1.807, 2.05) is 0 Å². The fourth-order valence-corrected chi connectivity index (χ4v) is 5.01. The molecule has 0 atom stereocenters. The number of ether oxygens (including phenoxy) is 2. The molecule has 6 heteroatoms. The lowest BCUT2D eigenvalue weighted by Gasteiger charge is -2.11. The molecule has 0 saturated carbocycles. The van der Waals surface area contributed by atoms with E-state index in [9.17, 15) is 13.2 Å². The van der Waals surface area contributed by atoms with Crippen molar-refractivity contribution >= 4 is 15.6 Å². The minimum atomic E-state index is -3.58. The third-order valence-corrected chi connectivity index (χ3v) is 7.24. The van der Waals surface area contributed by atoms with Gasteiger partial charge in [0.1, 0.15) is 17.3 Å². The zero-order valence-corrected chi connectivity index (χ0v) is 20.2. The van der Waals surface area contributed by atoms with Crippen LogP contribution in [-0.4, -0.2) is 28.4 Å². The first-order chi connectivity index (χ1) is 15.8. The largest absolute Gasteiger partial charge is 0.497 e. The second-order valence-corrected chi connectivity index (χ2v) is 10.1. The van der Waals surface area contributed by atoms with Crippen LogP contribution >= 0.6 is 0 Å². The number of Topliss-reactive ketones (excluding diaryl/α,β-unsaturated/α-hetero) is 1. The van der Waals surface area contributed by atoms with Crippen molar-refractivity contribution in [2.75, 3.05) is 14.2 Å². The van der Waals surface area contributed by atoms with Crippen LogP contribution in [0.25, 0.3) is 0 Å². The van der Waals surface area contributed by atoms with Gasteiger partial charge in [0.25, 0.3) is 0 Å². The van der Waals surface area contributed by atoms with Crippen LogP contribution < -0.4 is 9.47 Å². The normalized spacial score (nSPS) is 11.2. The van der Waals surface area contributed by atoms with Gasteiger partial charge in [0.2, 0.25) is 0 Å². The number of hydrogen-bond acceptors (Lipinski definition) is 5. The Balaban J connectivity index is 1.58. The van der Waals surface area contributed by atoms with Gasteiger partial charge < -0.3 is 9.47 Å². The molecule has 3 rings (SSSR count). The van der Waals surface area contributed by atoms with E-state index in [1.54, 1.807) is 42.5 Å². The molecule has 0 spiro atoms. The molecular formula is C27H30O5S. The van der Waals surface area contributed by atoms with Gasteiger partial charge in [-0.15, -0.1) is 0 Å². The number of ketones is 1. The van der Waals surface area contributed by atoms with Crippen LogP contribution in [0, 0.1) is 6.92 Å². The van der Waals surface area contributed by atoms with E-state index in [1.165, 1.54) is 25.3 Å². The monoisotopic (exact) mass is 466 g/mol. The average molecular weight is 467 g/mol. The third kappa shape index (κ3) is 6.93. The zero-order valence-electron chi connectivity index (χ0n) is 19.3. The second kappa shape index (κ2) is 11.1. The van der Waals surface area contributed by atoms with E-state index in [0.717, 1.165) is 18.4 Å². The summed E-state index contributed by atoms with van der Waals surface area (Å²) in [6.45, 7) is 2.06. The molecule has 0 amide bonds. The summed E-state index contributed by atoms with van der Waals surface area (Å²) in [5, 5.41) is 0. The van der Waals surface area contributed by atoms with Crippen molar-refractivity contribution < 1.29 is 22.7 Å². The Morgan fingerprint density at radius 3 is 2.15 bits per heavy atom. The van der Waals surface area contributed by atoms with E-state index in [2.05, 4.69) is 31.2 Å². The fraction of sp³-hybridized carbons (Fsp3) is 0.296. The summed E-state index contributed by atoms with van der Waals surface area (Å²) >= 11 is 0. The van der Waals surface area contributed by atoms with Crippen molar-refractivity contribution in [3.8, 4) is 11.5 Å². The second-order valence-electron chi connectivity index (χ2n) is 8.14. The minimum absolute atomic E-state index is 0.152. The van der Waals surface area contributed by atoms with Crippen molar-refractivity contribution in [1.29, 1.82) is 0 Å². The summed E-state index contributed by atoms with van der Waals surface area (Å²) in [4.78, 5) is 12.6. The fourth-order valence-electron chi connectivity index (χ4n) is 3.66. The smallest absolute Gasteiger partial charge is 0.182 e. The first-order valence-corrected chi connectivity index (χ1v) is 12.6. The predicted octanol–water partition coefficient (Wildman–Crippen LogP) is 5.12. The molecule has 0 unspecified atom stereocenters. The molecule has 3 aromatic carbocycles. The molecule has 0 N–H and O–H groups in total. The van der Waals surface area contributed by atoms with Crippen molar-refractivity contribution in [1.82, 2.24) is 0 Å². The standard InChI is InChI=1S/C27H30O5S/c1-20-7-9-21(10-8-20)5-4-6-24(28)17-22-11-14-26(15-12-22)33(29,30)19-23-18-25(31-2)13-16-27(23)32-3/h7-16,18H,4-6,17,19H2,1-3H3. The van der Waals surface area contributed by atoms with E-state index < -0.39 is 9.84 Å². The number of hydrogen-bond donors (Lipinski definition) is 0. The SMILES string of the molecule is COc1ccc(OC)c(CS(=O)(=O)c2ccc(CC(=O)CCCc3ccc(C)cc3)cc2)c1. The van der Waals surface area contributed by atoms with Gasteiger partial charge in [0.15, 0.2) is 9.84 Å². The van der Waals surface area contributed by atoms with E-state index >= 15 is 0 Å². The molecule has 0 heterocycles. The highest BCUT2D eigenvalue weighted by Gasteiger charge is 2.19. The van der Waals surface area contributed by atoms with Gasteiger partial charge in [-0.25, -0.2) is 8.42 Å². The van der Waals surface area contributed by atoms with Crippen LogP contribution in [0.1, 0.15) is 35.1 Å². The predicted molar refractivity (Wildman–Crippen MR) is 130 cm³/mol. The van der Waals surface area contributed by atoms with E-state index in [-0.39, 0.29) is 16.4 Å². The number of carbonyl (C=O) groups excluding carboxylic acids is 1. The summed E-state index contributed by atoms with van der Waals surface area (Å²) in [6, 6.07) is 20.0. The topological polar surface area (TPSA) is 69.7 Å². The molecule has 0 aliphatic carbocycles. The number of aryl methyl sites for hydroxylation is 2. The van der Waals surface area contributed by atoms with E-state index in [4.69, 9.17) is 9.47 Å². The number of carbonyl (C=O) groups is 1. The Hall–Kier alpha value is -3.12.